The zero-order valence-corrected chi connectivity index (χ0v) is 12.9. The first kappa shape index (κ1) is 14.8. The maximum absolute atomic E-state index is 13.2. The lowest BCUT2D eigenvalue weighted by Gasteiger charge is -2.08. The van der Waals surface area contributed by atoms with E-state index in [-0.39, 0.29) is 22.5 Å². The number of benzene rings is 3. The van der Waals surface area contributed by atoms with Gasteiger partial charge in [-0.05, 0) is 67.6 Å². The van der Waals surface area contributed by atoms with Gasteiger partial charge in [0, 0.05) is 0 Å². The van der Waals surface area contributed by atoms with E-state index in [2.05, 4.69) is 24.3 Å². The van der Waals surface area contributed by atoms with Crippen molar-refractivity contribution in [2.24, 2.45) is 0 Å². The maximum Gasteiger partial charge on any atom is 0.166 e. The van der Waals surface area contributed by atoms with E-state index in [1.165, 1.54) is 29.8 Å². The van der Waals surface area contributed by atoms with Gasteiger partial charge in [-0.25, -0.2) is 8.78 Å². The molecule has 3 rings (SSSR count). The van der Waals surface area contributed by atoms with Crippen molar-refractivity contribution in [2.75, 3.05) is 0 Å². The van der Waals surface area contributed by atoms with Crippen LogP contribution in [-0.4, -0.2) is 0 Å². The third-order valence-electron chi connectivity index (χ3n) is 3.36. The van der Waals surface area contributed by atoms with Gasteiger partial charge in [-0.1, -0.05) is 17.7 Å². The maximum atomic E-state index is 13.2. The molecule has 0 atom stereocenters. The summed E-state index contributed by atoms with van der Waals surface area (Å²) in [4.78, 5) is 3.15. The summed E-state index contributed by atoms with van der Waals surface area (Å²) in [7, 11) is -0.373. The first-order valence-electron chi connectivity index (χ1n) is 6.95. The normalized spacial score (nSPS) is 10.9. The summed E-state index contributed by atoms with van der Waals surface area (Å²) in [6.45, 7) is 2.04. The molecule has 0 aromatic heterocycles. The Balaban J connectivity index is 2.10. The molecule has 0 saturated heterocycles. The van der Waals surface area contributed by atoms with Gasteiger partial charge >= 0.3 is 0 Å². The van der Waals surface area contributed by atoms with Gasteiger partial charge in [0.1, 0.15) is 11.6 Å². The van der Waals surface area contributed by atoms with Crippen molar-refractivity contribution in [1.29, 1.82) is 0 Å². The van der Waals surface area contributed by atoms with Gasteiger partial charge in [-0.2, -0.15) is 0 Å². The number of halogens is 2. The zero-order valence-electron chi connectivity index (χ0n) is 12.1. The van der Waals surface area contributed by atoms with Crippen LogP contribution in [0.5, 0.6) is 0 Å². The van der Waals surface area contributed by atoms with Crippen LogP contribution < -0.4 is 0 Å². The molecule has 0 aliphatic heterocycles. The molecule has 0 fully saturated rings. The molecule has 0 aliphatic carbocycles. The van der Waals surface area contributed by atoms with Crippen LogP contribution in [0.25, 0.3) is 0 Å². The Morgan fingerprint density at radius 2 is 0.864 bits per heavy atom. The number of aryl methyl sites for hydroxylation is 1. The molecule has 3 aromatic rings. The highest BCUT2D eigenvalue weighted by Crippen LogP contribution is 2.31. The van der Waals surface area contributed by atoms with Gasteiger partial charge in [0.05, 0.1) is 10.9 Å². The second-order valence-corrected chi connectivity index (χ2v) is 7.05. The fourth-order valence-corrected chi connectivity index (χ4v) is 4.27. The third-order valence-corrected chi connectivity index (χ3v) is 5.59. The molecule has 0 unspecified atom stereocenters. The minimum Gasteiger partial charge on any atom is -0.207 e. The van der Waals surface area contributed by atoms with Crippen LogP contribution in [-0.2, 0) is 10.9 Å². The van der Waals surface area contributed by atoms with E-state index in [9.17, 15) is 8.78 Å². The van der Waals surface area contributed by atoms with E-state index in [1.807, 2.05) is 6.92 Å². The molecule has 0 nitrogen and oxygen atoms in total. The fourth-order valence-electron chi connectivity index (χ4n) is 2.22. The topological polar surface area (TPSA) is 0 Å². The summed E-state index contributed by atoms with van der Waals surface area (Å²) >= 11 is 0. The van der Waals surface area contributed by atoms with Crippen molar-refractivity contribution in [3.05, 3.63) is 90.0 Å². The highest BCUT2D eigenvalue weighted by atomic mass is 32.2. The summed E-state index contributed by atoms with van der Waals surface area (Å²) in [6.07, 6.45) is 0. The van der Waals surface area contributed by atoms with Crippen LogP contribution in [0.2, 0.25) is 0 Å². The Bertz CT molecular complexity index is 639. The predicted octanol–water partition coefficient (Wildman–Crippen LogP) is 5.37. The minimum absolute atomic E-state index is 0.254. The molecule has 3 heteroatoms. The van der Waals surface area contributed by atoms with E-state index < -0.39 is 0 Å². The van der Waals surface area contributed by atoms with E-state index in [0.717, 1.165) is 14.7 Å². The third kappa shape index (κ3) is 3.20. The molecule has 0 spiro atoms. The number of hydrogen-bond acceptors (Lipinski definition) is 0. The van der Waals surface area contributed by atoms with Gasteiger partial charge in [0.2, 0.25) is 0 Å². The molecular formula is C19H15F2S+. The SMILES string of the molecule is Cc1ccc([S+](c2ccc(F)cc2)c2ccc(F)cc2)cc1. The number of hydrogen-bond donors (Lipinski definition) is 0. The Labute approximate surface area is 131 Å². The van der Waals surface area contributed by atoms with Crippen LogP contribution >= 0.6 is 0 Å². The minimum atomic E-state index is -0.373. The molecule has 0 heterocycles. The van der Waals surface area contributed by atoms with Crippen LogP contribution in [0.15, 0.2) is 87.5 Å². The molecule has 22 heavy (non-hydrogen) atoms. The van der Waals surface area contributed by atoms with Crippen LogP contribution in [0.4, 0.5) is 8.78 Å². The van der Waals surface area contributed by atoms with Crippen molar-refractivity contribution in [2.45, 2.75) is 21.6 Å². The largest absolute Gasteiger partial charge is 0.207 e. The average Bonchev–Trinajstić information content (AvgIpc) is 2.53. The predicted molar refractivity (Wildman–Crippen MR) is 86.1 cm³/mol. The lowest BCUT2D eigenvalue weighted by Crippen LogP contribution is -2.05. The zero-order chi connectivity index (χ0) is 15.5. The first-order valence-corrected chi connectivity index (χ1v) is 8.18. The van der Waals surface area contributed by atoms with Crippen molar-refractivity contribution < 1.29 is 8.78 Å². The Hall–Kier alpha value is -2.13. The lowest BCUT2D eigenvalue weighted by molar-refractivity contribution is 0.626. The van der Waals surface area contributed by atoms with Gasteiger partial charge in [-0.3, -0.25) is 0 Å². The van der Waals surface area contributed by atoms with Gasteiger partial charge in [0.25, 0.3) is 0 Å². The van der Waals surface area contributed by atoms with Crippen LogP contribution in [0.1, 0.15) is 5.56 Å². The lowest BCUT2D eigenvalue weighted by atomic mass is 10.2. The van der Waals surface area contributed by atoms with Crippen molar-refractivity contribution in [3.8, 4) is 0 Å². The van der Waals surface area contributed by atoms with Crippen molar-refractivity contribution in [3.63, 3.8) is 0 Å². The number of rotatable bonds is 3. The van der Waals surface area contributed by atoms with Crippen LogP contribution in [0, 0.1) is 18.6 Å². The monoisotopic (exact) mass is 313 g/mol. The van der Waals surface area contributed by atoms with Gasteiger partial charge in [-0.15, -0.1) is 0 Å². The van der Waals surface area contributed by atoms with Gasteiger partial charge in [0.15, 0.2) is 14.7 Å². The molecule has 0 aliphatic rings. The Morgan fingerprint density at radius 3 is 1.23 bits per heavy atom. The fraction of sp³-hybridized carbons (Fsp3) is 0.0526. The Kier molecular flexibility index (Phi) is 4.25. The molecule has 0 N–H and O–H groups in total. The highest BCUT2D eigenvalue weighted by molar-refractivity contribution is 7.97. The van der Waals surface area contributed by atoms with Crippen LogP contribution in [0.3, 0.4) is 0 Å². The molecule has 3 aromatic carbocycles. The van der Waals surface area contributed by atoms with Crippen molar-refractivity contribution in [1.82, 2.24) is 0 Å². The summed E-state index contributed by atoms with van der Waals surface area (Å²) in [5, 5.41) is 0. The first-order chi connectivity index (χ1) is 10.6. The van der Waals surface area contributed by atoms with Crippen molar-refractivity contribution >= 4 is 10.9 Å². The van der Waals surface area contributed by atoms with E-state index in [4.69, 9.17) is 0 Å². The van der Waals surface area contributed by atoms with E-state index >= 15 is 0 Å². The second-order valence-electron chi connectivity index (χ2n) is 5.03. The quantitative estimate of drug-likeness (QED) is 0.570. The standard InChI is InChI=1S/C19H15F2S/c1-14-2-8-17(9-3-14)22(18-10-4-15(20)5-11-18)19-12-6-16(21)7-13-19/h2-13H,1H3/q+1. The molecular weight excluding hydrogens is 298 g/mol. The van der Waals surface area contributed by atoms with E-state index in [0.29, 0.717) is 0 Å². The second kappa shape index (κ2) is 6.32. The van der Waals surface area contributed by atoms with Gasteiger partial charge < -0.3 is 0 Å². The Morgan fingerprint density at radius 1 is 0.545 bits per heavy atom. The molecule has 110 valence electrons. The average molecular weight is 313 g/mol. The molecule has 0 bridgehead atoms. The molecule has 0 saturated carbocycles. The summed E-state index contributed by atoms with van der Waals surface area (Å²) in [5.41, 5.74) is 1.19. The highest BCUT2D eigenvalue weighted by Gasteiger charge is 2.28. The molecule has 0 radical (unpaired) electrons. The summed E-state index contributed by atoms with van der Waals surface area (Å²) in [6, 6.07) is 21.3. The smallest absolute Gasteiger partial charge is 0.166 e. The summed E-state index contributed by atoms with van der Waals surface area (Å²) < 4.78 is 26.4. The summed E-state index contributed by atoms with van der Waals surface area (Å²) in [5.74, 6) is -0.509. The van der Waals surface area contributed by atoms with E-state index in [1.54, 1.807) is 24.3 Å². The molecule has 0 amide bonds.